The minimum absolute atomic E-state index is 0.0188. The number of nitrogens with two attached hydrogens (primary N) is 1. The lowest BCUT2D eigenvalue weighted by atomic mass is 10.1. The highest BCUT2D eigenvalue weighted by Gasteiger charge is 2.18. The molecule has 1 aromatic rings. The molecule has 3 nitrogen and oxygen atoms in total. The topological polar surface area (TPSA) is 52.3 Å². The van der Waals surface area contributed by atoms with Gasteiger partial charge in [-0.25, -0.2) is 9.18 Å². The number of carbonyl (C=O) groups excluding carboxylic acids is 1. The van der Waals surface area contributed by atoms with E-state index in [4.69, 9.17) is 17.3 Å². The molecule has 0 fully saturated rings. The van der Waals surface area contributed by atoms with Gasteiger partial charge in [0, 0.05) is 5.69 Å². The molecule has 14 heavy (non-hydrogen) atoms. The summed E-state index contributed by atoms with van der Waals surface area (Å²) in [5, 5.41) is -0.151. The molecular formula is C9H9ClFNO2. The van der Waals surface area contributed by atoms with E-state index in [1.54, 1.807) is 6.92 Å². The largest absolute Gasteiger partial charge is 0.462 e. The van der Waals surface area contributed by atoms with Gasteiger partial charge in [-0.1, -0.05) is 11.6 Å². The second-order valence-electron chi connectivity index (χ2n) is 2.55. The fourth-order valence-corrected chi connectivity index (χ4v) is 1.13. The van der Waals surface area contributed by atoms with E-state index in [0.29, 0.717) is 0 Å². The fourth-order valence-electron chi connectivity index (χ4n) is 0.976. The minimum atomic E-state index is -0.842. The van der Waals surface area contributed by atoms with Gasteiger partial charge >= 0.3 is 5.97 Å². The molecule has 0 bridgehead atoms. The van der Waals surface area contributed by atoms with Gasteiger partial charge in [-0.3, -0.25) is 0 Å². The Bertz CT molecular complexity index is 368. The predicted molar refractivity (Wildman–Crippen MR) is 51.8 cm³/mol. The van der Waals surface area contributed by atoms with Gasteiger partial charge in [-0.15, -0.1) is 0 Å². The van der Waals surface area contributed by atoms with Crippen molar-refractivity contribution in [1.82, 2.24) is 0 Å². The first kappa shape index (κ1) is 10.8. The van der Waals surface area contributed by atoms with E-state index in [0.717, 1.165) is 0 Å². The highest BCUT2D eigenvalue weighted by Crippen LogP contribution is 2.24. The molecule has 5 heteroatoms. The fraction of sp³-hybridized carbons (Fsp3) is 0.222. The molecule has 76 valence electrons. The lowest BCUT2D eigenvalue weighted by Crippen LogP contribution is -2.10. The zero-order chi connectivity index (χ0) is 10.7. The number of halogens is 2. The lowest BCUT2D eigenvalue weighted by molar-refractivity contribution is 0.0522. The second kappa shape index (κ2) is 4.28. The van der Waals surface area contributed by atoms with E-state index in [1.165, 1.54) is 12.1 Å². The van der Waals surface area contributed by atoms with Crippen LogP contribution in [0, 0.1) is 5.82 Å². The monoisotopic (exact) mass is 217 g/mol. The Morgan fingerprint density at radius 3 is 2.86 bits per heavy atom. The highest BCUT2D eigenvalue weighted by molar-refractivity contribution is 6.31. The molecule has 0 aliphatic heterocycles. The van der Waals surface area contributed by atoms with E-state index in [9.17, 15) is 9.18 Å². The van der Waals surface area contributed by atoms with E-state index < -0.39 is 11.8 Å². The first-order valence-corrected chi connectivity index (χ1v) is 4.36. The summed E-state index contributed by atoms with van der Waals surface area (Å²) in [5.74, 6) is -1.64. The molecule has 0 atom stereocenters. The maximum absolute atomic E-state index is 13.3. The first-order chi connectivity index (χ1) is 6.57. The van der Waals surface area contributed by atoms with E-state index in [2.05, 4.69) is 4.74 Å². The third kappa shape index (κ3) is 1.96. The summed E-state index contributed by atoms with van der Waals surface area (Å²) < 4.78 is 18.0. The van der Waals surface area contributed by atoms with Crippen LogP contribution in [0.3, 0.4) is 0 Å². The van der Waals surface area contributed by atoms with Crippen molar-refractivity contribution in [2.75, 3.05) is 12.3 Å². The van der Waals surface area contributed by atoms with Crippen LogP contribution in [-0.2, 0) is 4.74 Å². The van der Waals surface area contributed by atoms with Crippen LogP contribution in [-0.4, -0.2) is 12.6 Å². The minimum Gasteiger partial charge on any atom is -0.462 e. The number of ether oxygens (including phenoxy) is 1. The van der Waals surface area contributed by atoms with Crippen LogP contribution in [0.1, 0.15) is 17.3 Å². The second-order valence-corrected chi connectivity index (χ2v) is 2.95. The number of hydrogen-bond acceptors (Lipinski definition) is 3. The molecular weight excluding hydrogens is 209 g/mol. The van der Waals surface area contributed by atoms with Gasteiger partial charge in [-0.2, -0.15) is 0 Å². The predicted octanol–water partition coefficient (Wildman–Crippen LogP) is 2.24. The van der Waals surface area contributed by atoms with Crippen LogP contribution in [0.25, 0.3) is 0 Å². The molecule has 0 aliphatic rings. The van der Waals surface area contributed by atoms with Crippen molar-refractivity contribution < 1.29 is 13.9 Å². The molecule has 0 aromatic heterocycles. The first-order valence-electron chi connectivity index (χ1n) is 3.98. The van der Waals surface area contributed by atoms with Crippen molar-refractivity contribution in [1.29, 1.82) is 0 Å². The van der Waals surface area contributed by atoms with E-state index >= 15 is 0 Å². The van der Waals surface area contributed by atoms with Crippen LogP contribution in [0.15, 0.2) is 12.1 Å². The Kier molecular flexibility index (Phi) is 3.30. The Morgan fingerprint density at radius 2 is 2.29 bits per heavy atom. The number of anilines is 1. The summed E-state index contributed by atoms with van der Waals surface area (Å²) in [7, 11) is 0. The third-order valence-corrected chi connectivity index (χ3v) is 1.90. The Balaban J connectivity index is 3.18. The van der Waals surface area contributed by atoms with Gasteiger partial charge in [-0.05, 0) is 19.1 Å². The van der Waals surface area contributed by atoms with Gasteiger partial charge in [0.15, 0.2) is 5.82 Å². The Morgan fingerprint density at radius 1 is 1.64 bits per heavy atom. The summed E-state index contributed by atoms with van der Waals surface area (Å²) in [4.78, 5) is 11.2. The van der Waals surface area contributed by atoms with E-state index in [1.807, 2.05) is 0 Å². The number of benzene rings is 1. The highest BCUT2D eigenvalue weighted by atomic mass is 35.5. The average Bonchev–Trinajstić information content (AvgIpc) is 2.13. The SMILES string of the molecule is CCOC(=O)c1c(N)ccc(Cl)c1F. The van der Waals surface area contributed by atoms with Gasteiger partial charge in [0.25, 0.3) is 0 Å². The van der Waals surface area contributed by atoms with Crippen molar-refractivity contribution in [2.45, 2.75) is 6.92 Å². The van der Waals surface area contributed by atoms with Gasteiger partial charge in [0.1, 0.15) is 5.56 Å². The molecule has 0 heterocycles. The third-order valence-electron chi connectivity index (χ3n) is 1.61. The molecule has 1 rings (SSSR count). The van der Waals surface area contributed by atoms with Crippen LogP contribution in [0.2, 0.25) is 5.02 Å². The van der Waals surface area contributed by atoms with Crippen LogP contribution in [0.5, 0.6) is 0 Å². The zero-order valence-electron chi connectivity index (χ0n) is 7.51. The number of nitrogen functional groups attached to an aromatic ring is 1. The van der Waals surface area contributed by atoms with Crippen LogP contribution >= 0.6 is 11.6 Å². The van der Waals surface area contributed by atoms with E-state index in [-0.39, 0.29) is 22.9 Å². The van der Waals surface area contributed by atoms with Crippen LogP contribution < -0.4 is 5.73 Å². The average molecular weight is 218 g/mol. The lowest BCUT2D eigenvalue weighted by Gasteiger charge is -2.06. The maximum atomic E-state index is 13.3. The van der Waals surface area contributed by atoms with Crippen molar-refractivity contribution in [2.24, 2.45) is 0 Å². The Labute approximate surface area is 85.6 Å². The number of carbonyl (C=O) groups is 1. The number of rotatable bonds is 2. The summed E-state index contributed by atoms with van der Waals surface area (Å²) in [6.45, 7) is 1.78. The van der Waals surface area contributed by atoms with Crippen molar-refractivity contribution in [3.05, 3.63) is 28.5 Å². The molecule has 0 unspecified atom stereocenters. The molecule has 0 aliphatic carbocycles. The molecule has 0 spiro atoms. The van der Waals surface area contributed by atoms with Crippen molar-refractivity contribution in [3.63, 3.8) is 0 Å². The molecule has 2 N–H and O–H groups in total. The molecule has 0 saturated heterocycles. The molecule has 0 radical (unpaired) electrons. The smallest absolute Gasteiger partial charge is 0.343 e. The zero-order valence-corrected chi connectivity index (χ0v) is 8.27. The van der Waals surface area contributed by atoms with Crippen molar-refractivity contribution >= 4 is 23.3 Å². The quantitative estimate of drug-likeness (QED) is 0.611. The molecule has 0 amide bonds. The maximum Gasteiger partial charge on any atom is 0.343 e. The summed E-state index contributed by atoms with van der Waals surface area (Å²) in [6.07, 6.45) is 0. The summed E-state index contributed by atoms with van der Waals surface area (Å²) in [5.41, 5.74) is 5.13. The molecule has 1 aromatic carbocycles. The normalized spacial score (nSPS) is 9.93. The van der Waals surface area contributed by atoms with Gasteiger partial charge < -0.3 is 10.5 Å². The van der Waals surface area contributed by atoms with Crippen LogP contribution in [0.4, 0.5) is 10.1 Å². The summed E-state index contributed by atoms with van der Waals surface area (Å²) >= 11 is 5.49. The number of esters is 1. The Hall–Kier alpha value is -1.29. The van der Waals surface area contributed by atoms with Gasteiger partial charge in [0.2, 0.25) is 0 Å². The summed E-state index contributed by atoms with van der Waals surface area (Å²) in [6, 6.07) is 2.65. The van der Waals surface area contributed by atoms with Crippen molar-refractivity contribution in [3.8, 4) is 0 Å². The molecule has 0 saturated carbocycles. The number of hydrogen-bond donors (Lipinski definition) is 1. The standard InChI is InChI=1S/C9H9ClFNO2/c1-2-14-9(13)7-6(12)4-3-5(10)8(7)11/h3-4H,2,12H2,1H3. The van der Waals surface area contributed by atoms with Gasteiger partial charge in [0.05, 0.1) is 11.6 Å².